The zero-order valence-electron chi connectivity index (χ0n) is 14.4. The summed E-state index contributed by atoms with van der Waals surface area (Å²) in [5, 5.41) is 17.8. The van der Waals surface area contributed by atoms with E-state index in [0.29, 0.717) is 12.2 Å². The first-order chi connectivity index (χ1) is 12.2. The van der Waals surface area contributed by atoms with E-state index >= 15 is 0 Å². The lowest BCUT2D eigenvalue weighted by Crippen LogP contribution is -2.30. The Morgan fingerprint density at radius 2 is 2.15 bits per heavy atom. The van der Waals surface area contributed by atoms with E-state index in [4.69, 9.17) is 0 Å². The molecule has 1 unspecified atom stereocenters. The van der Waals surface area contributed by atoms with Crippen molar-refractivity contribution >= 4 is 18.3 Å². The van der Waals surface area contributed by atoms with Gasteiger partial charge in [-0.3, -0.25) is 9.89 Å². The number of hydrogen-bond donors (Lipinski definition) is 3. The zero-order valence-corrected chi connectivity index (χ0v) is 15.2. The molecule has 0 radical (unpaired) electrons. The molecule has 1 atom stereocenters. The summed E-state index contributed by atoms with van der Waals surface area (Å²) in [6, 6.07) is 9.63. The second-order valence-corrected chi connectivity index (χ2v) is 6.16. The van der Waals surface area contributed by atoms with Gasteiger partial charge in [-0.25, -0.2) is 4.68 Å². The SMILES string of the molecule is CC(NC(=O)c1n[nH]c2c1CNCC2)c1ccccc1-n1cccn1.Cl. The van der Waals surface area contributed by atoms with Gasteiger partial charge in [0.2, 0.25) is 0 Å². The molecule has 1 aromatic carbocycles. The third-order valence-corrected chi connectivity index (χ3v) is 4.52. The highest BCUT2D eigenvalue weighted by atomic mass is 35.5. The number of amides is 1. The number of benzene rings is 1. The van der Waals surface area contributed by atoms with Crippen LogP contribution in [0.4, 0.5) is 0 Å². The van der Waals surface area contributed by atoms with Gasteiger partial charge in [0.05, 0.1) is 11.7 Å². The van der Waals surface area contributed by atoms with Gasteiger partial charge in [0.25, 0.3) is 5.91 Å². The molecule has 0 spiro atoms. The van der Waals surface area contributed by atoms with Crippen molar-refractivity contribution in [2.75, 3.05) is 6.54 Å². The van der Waals surface area contributed by atoms with Gasteiger partial charge in [-0.2, -0.15) is 10.2 Å². The molecule has 0 fully saturated rings. The fourth-order valence-electron chi connectivity index (χ4n) is 3.23. The Hall–Kier alpha value is -2.64. The normalized spacial score (nSPS) is 14.2. The maximum Gasteiger partial charge on any atom is 0.272 e. The smallest absolute Gasteiger partial charge is 0.272 e. The highest BCUT2D eigenvalue weighted by molar-refractivity contribution is 5.94. The Labute approximate surface area is 157 Å². The topological polar surface area (TPSA) is 87.6 Å². The fourth-order valence-corrected chi connectivity index (χ4v) is 3.23. The number of carbonyl (C=O) groups is 1. The molecule has 7 nitrogen and oxygen atoms in total. The van der Waals surface area contributed by atoms with Gasteiger partial charge in [-0.1, -0.05) is 18.2 Å². The first-order valence-electron chi connectivity index (χ1n) is 8.40. The molecule has 0 bridgehead atoms. The van der Waals surface area contributed by atoms with E-state index in [2.05, 4.69) is 25.9 Å². The molecular formula is C18H21ClN6O. The number of aromatic amines is 1. The van der Waals surface area contributed by atoms with Crippen LogP contribution in [-0.2, 0) is 13.0 Å². The zero-order chi connectivity index (χ0) is 17.2. The number of halogens is 1. The highest BCUT2D eigenvalue weighted by Gasteiger charge is 2.23. The van der Waals surface area contributed by atoms with E-state index in [1.165, 1.54) is 0 Å². The van der Waals surface area contributed by atoms with Gasteiger partial charge in [-0.05, 0) is 24.6 Å². The van der Waals surface area contributed by atoms with E-state index in [1.54, 1.807) is 10.9 Å². The van der Waals surface area contributed by atoms with Crippen molar-refractivity contribution in [2.24, 2.45) is 0 Å². The lowest BCUT2D eigenvalue weighted by atomic mass is 10.0. The summed E-state index contributed by atoms with van der Waals surface area (Å²) < 4.78 is 1.80. The second kappa shape index (κ2) is 7.72. The minimum atomic E-state index is -0.170. The molecule has 3 heterocycles. The first kappa shape index (κ1) is 18.2. The van der Waals surface area contributed by atoms with Crippen LogP contribution in [0.2, 0.25) is 0 Å². The van der Waals surface area contributed by atoms with Crippen LogP contribution in [0, 0.1) is 0 Å². The first-order valence-corrected chi connectivity index (χ1v) is 8.40. The van der Waals surface area contributed by atoms with Crippen LogP contribution < -0.4 is 10.6 Å². The van der Waals surface area contributed by atoms with Crippen molar-refractivity contribution in [3.63, 3.8) is 0 Å². The number of hydrogen-bond acceptors (Lipinski definition) is 4. The summed E-state index contributed by atoms with van der Waals surface area (Å²) in [5.74, 6) is -0.163. The maximum absolute atomic E-state index is 12.7. The third kappa shape index (κ3) is 3.36. The predicted octanol–water partition coefficient (Wildman–Crippen LogP) is 2.15. The van der Waals surface area contributed by atoms with Crippen molar-refractivity contribution in [3.05, 3.63) is 65.2 Å². The minimum absolute atomic E-state index is 0. The van der Waals surface area contributed by atoms with Gasteiger partial charge >= 0.3 is 0 Å². The Kier molecular flexibility index (Phi) is 5.39. The number of carbonyl (C=O) groups excluding carboxylic acids is 1. The summed E-state index contributed by atoms with van der Waals surface area (Å²) in [6.07, 6.45) is 4.50. The molecular weight excluding hydrogens is 352 g/mol. The molecule has 26 heavy (non-hydrogen) atoms. The van der Waals surface area contributed by atoms with E-state index in [0.717, 1.165) is 35.5 Å². The molecule has 1 aliphatic heterocycles. The summed E-state index contributed by atoms with van der Waals surface area (Å²) >= 11 is 0. The standard InChI is InChI=1S/C18H20N6O.ClH/c1-12(13-5-2-3-6-16(13)24-10-4-8-20-24)21-18(25)17-14-11-19-9-7-15(14)22-23-17;/h2-6,8,10,12,19H,7,9,11H2,1H3,(H,21,25)(H,22,23);1H. The van der Waals surface area contributed by atoms with Gasteiger partial charge in [0, 0.05) is 43.2 Å². The Balaban J connectivity index is 0.00000196. The number of nitrogens with zero attached hydrogens (tertiary/aromatic N) is 3. The van der Waals surface area contributed by atoms with Gasteiger partial charge in [0.1, 0.15) is 0 Å². The van der Waals surface area contributed by atoms with Crippen molar-refractivity contribution < 1.29 is 4.79 Å². The monoisotopic (exact) mass is 372 g/mol. The summed E-state index contributed by atoms with van der Waals surface area (Å²) in [7, 11) is 0. The molecule has 1 amide bonds. The Bertz CT molecular complexity index is 889. The lowest BCUT2D eigenvalue weighted by molar-refractivity contribution is 0.0933. The van der Waals surface area contributed by atoms with E-state index < -0.39 is 0 Å². The third-order valence-electron chi connectivity index (χ3n) is 4.52. The van der Waals surface area contributed by atoms with E-state index in [1.807, 2.05) is 43.5 Å². The van der Waals surface area contributed by atoms with E-state index in [-0.39, 0.29) is 24.4 Å². The largest absolute Gasteiger partial charge is 0.344 e. The molecule has 3 aromatic rings. The van der Waals surface area contributed by atoms with Gasteiger partial charge in [0.15, 0.2) is 5.69 Å². The van der Waals surface area contributed by atoms with Crippen LogP contribution in [0.3, 0.4) is 0 Å². The van der Waals surface area contributed by atoms with Crippen molar-refractivity contribution in [2.45, 2.75) is 25.9 Å². The highest BCUT2D eigenvalue weighted by Crippen LogP contribution is 2.22. The Morgan fingerprint density at radius 1 is 1.31 bits per heavy atom. The summed E-state index contributed by atoms with van der Waals surface area (Å²) in [4.78, 5) is 12.7. The van der Waals surface area contributed by atoms with Gasteiger partial charge in [-0.15, -0.1) is 12.4 Å². The molecule has 4 rings (SSSR count). The van der Waals surface area contributed by atoms with Gasteiger partial charge < -0.3 is 10.6 Å². The average Bonchev–Trinajstić information content (AvgIpc) is 3.31. The quantitative estimate of drug-likeness (QED) is 0.654. The number of fused-ring (bicyclic) bond motifs is 1. The van der Waals surface area contributed by atoms with Crippen molar-refractivity contribution in [1.29, 1.82) is 0 Å². The van der Waals surface area contributed by atoms with Crippen LogP contribution in [0.1, 0.15) is 40.3 Å². The molecule has 136 valence electrons. The lowest BCUT2D eigenvalue weighted by Gasteiger charge is -2.18. The number of H-pyrrole nitrogens is 1. The van der Waals surface area contributed by atoms with E-state index in [9.17, 15) is 4.79 Å². The number of nitrogens with one attached hydrogen (secondary N) is 3. The van der Waals surface area contributed by atoms with Crippen LogP contribution in [-0.4, -0.2) is 32.4 Å². The van der Waals surface area contributed by atoms with Crippen LogP contribution >= 0.6 is 12.4 Å². The Morgan fingerprint density at radius 3 is 2.96 bits per heavy atom. The molecule has 0 aliphatic carbocycles. The predicted molar refractivity (Wildman–Crippen MR) is 101 cm³/mol. The van der Waals surface area contributed by atoms with Crippen molar-refractivity contribution in [1.82, 2.24) is 30.6 Å². The molecule has 2 aromatic heterocycles. The van der Waals surface area contributed by atoms with Crippen LogP contribution in [0.5, 0.6) is 0 Å². The molecule has 3 N–H and O–H groups in total. The number of aromatic nitrogens is 4. The second-order valence-electron chi connectivity index (χ2n) is 6.16. The molecule has 0 saturated heterocycles. The number of rotatable bonds is 4. The molecule has 8 heteroatoms. The van der Waals surface area contributed by atoms with Crippen LogP contribution in [0.15, 0.2) is 42.7 Å². The summed E-state index contributed by atoms with van der Waals surface area (Å²) in [6.45, 7) is 3.55. The minimum Gasteiger partial charge on any atom is -0.344 e. The summed E-state index contributed by atoms with van der Waals surface area (Å²) in [5.41, 5.74) is 4.45. The van der Waals surface area contributed by atoms with Crippen LogP contribution in [0.25, 0.3) is 5.69 Å². The molecule has 1 aliphatic rings. The maximum atomic E-state index is 12.7. The van der Waals surface area contributed by atoms with Crippen molar-refractivity contribution in [3.8, 4) is 5.69 Å². The fraction of sp³-hybridized carbons (Fsp3) is 0.278. The number of para-hydroxylation sites is 1. The average molecular weight is 373 g/mol. The molecule has 0 saturated carbocycles.